The Hall–Kier alpha value is -3.61. The van der Waals surface area contributed by atoms with Crippen LogP contribution in [0.3, 0.4) is 0 Å². The second-order valence-electron chi connectivity index (χ2n) is 5.62. The van der Waals surface area contributed by atoms with Crippen LogP contribution in [-0.2, 0) is 16.1 Å². The molecule has 0 radical (unpaired) electrons. The molecular weight excluding hydrogens is 348 g/mol. The Kier molecular flexibility index (Phi) is 5.84. The highest BCUT2D eigenvalue weighted by molar-refractivity contribution is 5.96. The van der Waals surface area contributed by atoms with E-state index in [1.54, 1.807) is 37.4 Å². The zero-order valence-corrected chi connectivity index (χ0v) is 14.7. The van der Waals surface area contributed by atoms with Crippen molar-refractivity contribution < 1.29 is 23.6 Å². The Morgan fingerprint density at radius 1 is 1.07 bits per heavy atom. The lowest BCUT2D eigenvalue weighted by Gasteiger charge is -2.06. The Morgan fingerprint density at radius 2 is 1.81 bits per heavy atom. The number of methoxy groups -OCH3 is 1. The van der Waals surface area contributed by atoms with E-state index in [9.17, 15) is 9.59 Å². The van der Waals surface area contributed by atoms with Crippen molar-refractivity contribution in [2.45, 2.75) is 6.61 Å². The summed E-state index contributed by atoms with van der Waals surface area (Å²) in [6, 6.07) is 17.7. The van der Waals surface area contributed by atoms with Crippen molar-refractivity contribution in [2.24, 2.45) is 0 Å². The molecule has 0 aliphatic rings. The van der Waals surface area contributed by atoms with Crippen LogP contribution in [0, 0.1) is 0 Å². The van der Waals surface area contributed by atoms with Gasteiger partial charge in [0.25, 0.3) is 5.91 Å². The van der Waals surface area contributed by atoms with Crippen molar-refractivity contribution in [3.05, 3.63) is 71.9 Å². The molecule has 0 saturated carbocycles. The topological polar surface area (TPSA) is 90.7 Å². The highest BCUT2D eigenvalue weighted by Crippen LogP contribution is 2.20. The van der Waals surface area contributed by atoms with Crippen LogP contribution in [-0.4, -0.2) is 30.7 Å². The third kappa shape index (κ3) is 4.94. The van der Waals surface area contributed by atoms with Gasteiger partial charge in [-0.05, 0) is 24.3 Å². The molecule has 27 heavy (non-hydrogen) atoms. The van der Waals surface area contributed by atoms with E-state index in [1.807, 2.05) is 30.3 Å². The SMILES string of the molecule is COc1ccc(C(=O)NCC(=O)OCc2cc(-c3ccccc3)on2)cc1. The minimum Gasteiger partial charge on any atom is -0.497 e. The molecule has 1 N–H and O–H groups in total. The van der Waals surface area contributed by atoms with Gasteiger partial charge in [0.15, 0.2) is 5.76 Å². The first-order chi connectivity index (χ1) is 13.2. The molecule has 3 aromatic rings. The number of nitrogens with zero attached hydrogens (tertiary/aromatic N) is 1. The standard InChI is InChI=1S/C20H18N2O5/c1-25-17-9-7-15(8-10-17)20(24)21-12-19(23)26-13-16-11-18(27-22-16)14-5-3-2-4-6-14/h2-11H,12-13H2,1H3,(H,21,24). The van der Waals surface area contributed by atoms with Gasteiger partial charge in [-0.3, -0.25) is 9.59 Å². The minimum absolute atomic E-state index is 0.0342. The second kappa shape index (κ2) is 8.66. The summed E-state index contributed by atoms with van der Waals surface area (Å²) < 4.78 is 15.4. The number of esters is 1. The molecule has 0 unspecified atom stereocenters. The summed E-state index contributed by atoms with van der Waals surface area (Å²) in [7, 11) is 1.54. The monoisotopic (exact) mass is 366 g/mol. The number of hydrogen-bond acceptors (Lipinski definition) is 6. The van der Waals surface area contributed by atoms with E-state index in [-0.39, 0.29) is 19.1 Å². The first-order valence-corrected chi connectivity index (χ1v) is 8.24. The van der Waals surface area contributed by atoms with Crippen LogP contribution in [0.25, 0.3) is 11.3 Å². The van der Waals surface area contributed by atoms with Gasteiger partial charge in [0.2, 0.25) is 0 Å². The number of rotatable bonds is 7. The second-order valence-corrected chi connectivity index (χ2v) is 5.62. The summed E-state index contributed by atoms with van der Waals surface area (Å²) in [5, 5.41) is 6.38. The highest BCUT2D eigenvalue weighted by Gasteiger charge is 2.11. The normalized spacial score (nSPS) is 10.3. The maximum atomic E-state index is 12.0. The lowest BCUT2D eigenvalue weighted by molar-refractivity contribution is -0.143. The summed E-state index contributed by atoms with van der Waals surface area (Å²) in [6.45, 7) is -0.276. The molecule has 0 aliphatic carbocycles. The van der Waals surface area contributed by atoms with Crippen LogP contribution in [0.1, 0.15) is 16.1 Å². The molecule has 0 aliphatic heterocycles. The average Bonchev–Trinajstić information content (AvgIpc) is 3.20. The first kappa shape index (κ1) is 18.2. The third-order valence-electron chi connectivity index (χ3n) is 3.74. The molecule has 3 rings (SSSR count). The molecule has 1 amide bonds. The van der Waals surface area contributed by atoms with E-state index in [2.05, 4.69) is 10.5 Å². The van der Waals surface area contributed by atoms with Crippen LogP contribution >= 0.6 is 0 Å². The van der Waals surface area contributed by atoms with Gasteiger partial charge in [-0.2, -0.15) is 0 Å². The fraction of sp³-hybridized carbons (Fsp3) is 0.150. The van der Waals surface area contributed by atoms with Crippen molar-refractivity contribution in [3.8, 4) is 17.1 Å². The summed E-state index contributed by atoms with van der Waals surface area (Å²) in [6.07, 6.45) is 0. The Labute approximate surface area is 155 Å². The lowest BCUT2D eigenvalue weighted by Crippen LogP contribution is -2.30. The third-order valence-corrected chi connectivity index (χ3v) is 3.74. The van der Waals surface area contributed by atoms with Gasteiger partial charge in [-0.1, -0.05) is 35.5 Å². The van der Waals surface area contributed by atoms with Gasteiger partial charge in [-0.25, -0.2) is 0 Å². The molecule has 0 saturated heterocycles. The summed E-state index contributed by atoms with van der Waals surface area (Å²) in [5.74, 6) is 0.298. The fourth-order valence-corrected chi connectivity index (χ4v) is 2.32. The van der Waals surface area contributed by atoms with Crippen LogP contribution in [0.2, 0.25) is 0 Å². The lowest BCUT2D eigenvalue weighted by atomic mass is 10.2. The largest absolute Gasteiger partial charge is 0.497 e. The molecule has 138 valence electrons. The van der Waals surface area contributed by atoms with Gasteiger partial charge < -0.3 is 19.3 Å². The number of carbonyl (C=O) groups excluding carboxylic acids is 2. The Balaban J connectivity index is 1.45. The number of carbonyl (C=O) groups is 2. The minimum atomic E-state index is -0.568. The fourth-order valence-electron chi connectivity index (χ4n) is 2.32. The van der Waals surface area contributed by atoms with E-state index in [4.69, 9.17) is 14.0 Å². The van der Waals surface area contributed by atoms with Crippen molar-refractivity contribution in [3.63, 3.8) is 0 Å². The van der Waals surface area contributed by atoms with Gasteiger partial charge in [0, 0.05) is 17.2 Å². The summed E-state index contributed by atoms with van der Waals surface area (Å²) >= 11 is 0. The molecule has 7 nitrogen and oxygen atoms in total. The smallest absolute Gasteiger partial charge is 0.325 e. The van der Waals surface area contributed by atoms with Gasteiger partial charge in [0.05, 0.1) is 7.11 Å². The van der Waals surface area contributed by atoms with E-state index >= 15 is 0 Å². The Bertz CT molecular complexity index is 904. The van der Waals surface area contributed by atoms with E-state index in [0.29, 0.717) is 22.8 Å². The predicted molar refractivity (Wildman–Crippen MR) is 97.1 cm³/mol. The van der Waals surface area contributed by atoms with Gasteiger partial charge in [0.1, 0.15) is 24.6 Å². The van der Waals surface area contributed by atoms with Crippen LogP contribution in [0.4, 0.5) is 0 Å². The quantitative estimate of drug-likeness (QED) is 0.647. The molecule has 1 heterocycles. The maximum absolute atomic E-state index is 12.0. The van der Waals surface area contributed by atoms with E-state index in [0.717, 1.165) is 5.56 Å². The van der Waals surface area contributed by atoms with Crippen molar-refractivity contribution in [2.75, 3.05) is 13.7 Å². The zero-order valence-electron chi connectivity index (χ0n) is 14.7. The average molecular weight is 366 g/mol. The van der Waals surface area contributed by atoms with Crippen molar-refractivity contribution in [1.82, 2.24) is 10.5 Å². The van der Waals surface area contributed by atoms with Crippen molar-refractivity contribution >= 4 is 11.9 Å². The summed E-state index contributed by atoms with van der Waals surface area (Å²) in [4.78, 5) is 23.8. The highest BCUT2D eigenvalue weighted by atomic mass is 16.5. The molecule has 0 atom stereocenters. The van der Waals surface area contributed by atoms with Crippen LogP contribution in [0.5, 0.6) is 5.75 Å². The molecule has 0 fully saturated rings. The molecule has 0 bridgehead atoms. The maximum Gasteiger partial charge on any atom is 0.325 e. The number of nitrogens with one attached hydrogen (secondary N) is 1. The Morgan fingerprint density at radius 3 is 2.52 bits per heavy atom. The van der Waals surface area contributed by atoms with Crippen LogP contribution in [0.15, 0.2) is 65.2 Å². The van der Waals surface area contributed by atoms with Crippen molar-refractivity contribution in [1.29, 1.82) is 0 Å². The number of aromatic nitrogens is 1. The van der Waals surface area contributed by atoms with Gasteiger partial charge in [-0.15, -0.1) is 0 Å². The van der Waals surface area contributed by atoms with Gasteiger partial charge >= 0.3 is 5.97 Å². The van der Waals surface area contributed by atoms with E-state index < -0.39 is 5.97 Å². The molecule has 0 spiro atoms. The molecule has 2 aromatic carbocycles. The molecule has 7 heteroatoms. The molecule has 1 aromatic heterocycles. The molecular formula is C20H18N2O5. The summed E-state index contributed by atoms with van der Waals surface area (Å²) in [5.41, 5.74) is 1.80. The number of hydrogen-bond donors (Lipinski definition) is 1. The number of ether oxygens (including phenoxy) is 2. The van der Waals surface area contributed by atoms with Crippen LogP contribution < -0.4 is 10.1 Å². The first-order valence-electron chi connectivity index (χ1n) is 8.24. The van der Waals surface area contributed by atoms with E-state index in [1.165, 1.54) is 0 Å². The number of benzene rings is 2. The zero-order chi connectivity index (χ0) is 19.1. The number of amides is 1. The predicted octanol–water partition coefficient (Wildman–Crippen LogP) is 2.82.